The molecule has 1 saturated heterocycles. The summed E-state index contributed by atoms with van der Waals surface area (Å²) < 4.78 is 5.89. The van der Waals surface area contributed by atoms with Crippen molar-refractivity contribution in [1.29, 1.82) is 0 Å². The van der Waals surface area contributed by atoms with Crippen molar-refractivity contribution in [1.82, 2.24) is 14.9 Å². The number of halogens is 1. The predicted octanol–water partition coefficient (Wildman–Crippen LogP) is 1.66. The van der Waals surface area contributed by atoms with E-state index < -0.39 is 0 Å². The van der Waals surface area contributed by atoms with Crippen LogP contribution in [0.5, 0.6) is 5.88 Å². The smallest absolute Gasteiger partial charge is 0.237 e. The minimum atomic E-state index is -0.0382. The predicted molar refractivity (Wildman–Crippen MR) is 79.6 cm³/mol. The number of ether oxygens (including phenoxy) is 1. The number of carbonyl (C=O) groups excluding carboxylic acids is 1. The summed E-state index contributed by atoms with van der Waals surface area (Å²) in [5.74, 6) is 1.34. The van der Waals surface area contributed by atoms with E-state index in [4.69, 9.17) is 16.3 Å². The van der Waals surface area contributed by atoms with Gasteiger partial charge in [-0.25, -0.2) is 9.97 Å². The summed E-state index contributed by atoms with van der Waals surface area (Å²) in [4.78, 5) is 21.7. The lowest BCUT2D eigenvalue weighted by Gasteiger charge is -2.32. The van der Waals surface area contributed by atoms with Crippen LogP contribution in [0.3, 0.4) is 0 Å². The Balaban J connectivity index is 1.58. The fourth-order valence-electron chi connectivity index (χ4n) is 2.44. The first-order valence-corrected chi connectivity index (χ1v) is 7.87. The maximum Gasteiger partial charge on any atom is 0.237 e. The van der Waals surface area contributed by atoms with Gasteiger partial charge in [-0.15, -0.1) is 11.6 Å². The molecule has 1 amide bonds. The van der Waals surface area contributed by atoms with Crippen LogP contribution >= 0.6 is 11.6 Å². The fraction of sp³-hybridized carbons (Fsp3) is 0.643. The molecule has 6 nitrogen and oxygen atoms in total. The standard InChI is InChI=1S/C14H19ClN4O2/c15-7-14(20)19-5-1-2-11(8-19)21-13-6-12(16-9-17-13)18-10-3-4-10/h6,9-11H,1-5,7-8H2,(H,16,17,18)/t11-/m0/s1. The lowest BCUT2D eigenvalue weighted by Crippen LogP contribution is -2.45. The quantitative estimate of drug-likeness (QED) is 0.838. The van der Waals surface area contributed by atoms with Crippen molar-refractivity contribution in [3.05, 3.63) is 12.4 Å². The number of aromatic nitrogens is 2. The lowest BCUT2D eigenvalue weighted by atomic mass is 10.1. The Morgan fingerprint density at radius 3 is 3.05 bits per heavy atom. The van der Waals surface area contributed by atoms with Crippen LogP contribution in [0.4, 0.5) is 5.82 Å². The Morgan fingerprint density at radius 1 is 1.43 bits per heavy atom. The number of anilines is 1. The van der Waals surface area contributed by atoms with Gasteiger partial charge in [0.25, 0.3) is 0 Å². The lowest BCUT2D eigenvalue weighted by molar-refractivity contribution is -0.131. The second-order valence-corrected chi connectivity index (χ2v) is 5.78. The van der Waals surface area contributed by atoms with Crippen molar-refractivity contribution >= 4 is 23.3 Å². The molecule has 1 atom stereocenters. The monoisotopic (exact) mass is 310 g/mol. The Bertz CT molecular complexity index is 510. The fourth-order valence-corrected chi connectivity index (χ4v) is 2.60. The number of nitrogens with one attached hydrogen (secondary N) is 1. The molecule has 1 aromatic rings. The molecule has 2 aliphatic rings. The van der Waals surface area contributed by atoms with E-state index in [1.165, 1.54) is 19.2 Å². The molecule has 1 saturated carbocycles. The van der Waals surface area contributed by atoms with Gasteiger partial charge < -0.3 is 15.0 Å². The molecule has 7 heteroatoms. The van der Waals surface area contributed by atoms with Gasteiger partial charge in [-0.3, -0.25) is 4.79 Å². The number of hydrogen-bond acceptors (Lipinski definition) is 5. The summed E-state index contributed by atoms with van der Waals surface area (Å²) in [6, 6.07) is 2.36. The Kier molecular flexibility index (Phi) is 4.43. The van der Waals surface area contributed by atoms with E-state index in [1.54, 1.807) is 4.90 Å². The highest BCUT2D eigenvalue weighted by Crippen LogP contribution is 2.25. The molecule has 0 aromatic carbocycles. The molecule has 1 aromatic heterocycles. The summed E-state index contributed by atoms with van der Waals surface area (Å²) in [7, 11) is 0. The van der Waals surface area contributed by atoms with Gasteiger partial charge in [0.05, 0.1) is 6.54 Å². The molecule has 1 aliphatic carbocycles. The molecule has 0 radical (unpaired) electrons. The maximum absolute atomic E-state index is 11.6. The molecule has 114 valence electrons. The zero-order valence-electron chi connectivity index (χ0n) is 11.8. The zero-order chi connectivity index (χ0) is 14.7. The molecule has 2 fully saturated rings. The van der Waals surface area contributed by atoms with Gasteiger partial charge in [0.15, 0.2) is 0 Å². The minimum Gasteiger partial charge on any atom is -0.472 e. The van der Waals surface area contributed by atoms with Crippen molar-refractivity contribution in [2.24, 2.45) is 0 Å². The number of likely N-dealkylation sites (tertiary alicyclic amines) is 1. The first kappa shape index (κ1) is 14.4. The Morgan fingerprint density at radius 2 is 2.29 bits per heavy atom. The largest absolute Gasteiger partial charge is 0.472 e. The minimum absolute atomic E-state index is 0.0235. The van der Waals surface area contributed by atoms with E-state index in [9.17, 15) is 4.79 Å². The summed E-state index contributed by atoms with van der Waals surface area (Å²) in [5, 5.41) is 3.32. The Labute approximate surface area is 128 Å². The highest BCUT2D eigenvalue weighted by Gasteiger charge is 2.25. The summed E-state index contributed by atoms with van der Waals surface area (Å²) in [6.45, 7) is 1.32. The molecule has 0 unspecified atom stereocenters. The summed E-state index contributed by atoms with van der Waals surface area (Å²) >= 11 is 5.61. The number of hydrogen-bond donors (Lipinski definition) is 1. The van der Waals surface area contributed by atoms with E-state index in [0.29, 0.717) is 18.5 Å². The molecule has 3 rings (SSSR count). The number of carbonyl (C=O) groups is 1. The average Bonchev–Trinajstić information content (AvgIpc) is 3.31. The van der Waals surface area contributed by atoms with E-state index in [-0.39, 0.29) is 17.9 Å². The molecule has 21 heavy (non-hydrogen) atoms. The van der Waals surface area contributed by atoms with Crippen molar-refractivity contribution in [3.63, 3.8) is 0 Å². The molecule has 1 N–H and O–H groups in total. The van der Waals surface area contributed by atoms with Crippen LogP contribution in [0.15, 0.2) is 12.4 Å². The van der Waals surface area contributed by atoms with Gasteiger partial charge >= 0.3 is 0 Å². The first-order valence-electron chi connectivity index (χ1n) is 7.33. The van der Waals surface area contributed by atoms with Crippen molar-refractivity contribution in [3.8, 4) is 5.88 Å². The van der Waals surface area contributed by atoms with Crippen LogP contribution in [0.1, 0.15) is 25.7 Å². The second-order valence-electron chi connectivity index (χ2n) is 5.52. The maximum atomic E-state index is 11.6. The van der Waals surface area contributed by atoms with Gasteiger partial charge in [0, 0.05) is 18.7 Å². The van der Waals surface area contributed by atoms with Gasteiger partial charge in [-0.1, -0.05) is 0 Å². The SMILES string of the molecule is O=C(CCl)N1CCC[C@H](Oc2cc(NC3CC3)ncn2)C1. The van der Waals surface area contributed by atoms with Gasteiger partial charge in [-0.05, 0) is 25.7 Å². The van der Waals surface area contributed by atoms with Crippen LogP contribution < -0.4 is 10.1 Å². The first-order chi connectivity index (χ1) is 10.2. The molecule has 0 bridgehead atoms. The van der Waals surface area contributed by atoms with E-state index in [0.717, 1.165) is 25.2 Å². The van der Waals surface area contributed by atoms with Crippen molar-refractivity contribution < 1.29 is 9.53 Å². The van der Waals surface area contributed by atoms with Crippen LogP contribution in [0.25, 0.3) is 0 Å². The molecule has 1 aliphatic heterocycles. The van der Waals surface area contributed by atoms with Crippen LogP contribution in [0, 0.1) is 0 Å². The molecule has 0 spiro atoms. The van der Waals surface area contributed by atoms with E-state index >= 15 is 0 Å². The van der Waals surface area contributed by atoms with Crippen molar-refractivity contribution in [2.75, 3.05) is 24.3 Å². The molecular formula is C14H19ClN4O2. The topological polar surface area (TPSA) is 67.3 Å². The number of alkyl halides is 1. The van der Waals surface area contributed by atoms with Crippen LogP contribution in [0.2, 0.25) is 0 Å². The van der Waals surface area contributed by atoms with E-state index in [2.05, 4.69) is 15.3 Å². The number of rotatable bonds is 5. The van der Waals surface area contributed by atoms with Crippen LogP contribution in [-0.4, -0.2) is 51.9 Å². The third kappa shape index (κ3) is 3.97. The normalized spacial score (nSPS) is 22.0. The highest BCUT2D eigenvalue weighted by atomic mass is 35.5. The second kappa shape index (κ2) is 6.47. The molecular weight excluding hydrogens is 292 g/mol. The van der Waals surface area contributed by atoms with E-state index in [1.807, 2.05) is 6.07 Å². The number of amides is 1. The third-order valence-corrected chi connectivity index (χ3v) is 3.93. The number of piperidine rings is 1. The highest BCUT2D eigenvalue weighted by molar-refractivity contribution is 6.27. The van der Waals surface area contributed by atoms with Gasteiger partial charge in [0.2, 0.25) is 11.8 Å². The summed E-state index contributed by atoms with van der Waals surface area (Å²) in [5.41, 5.74) is 0. The molecule has 2 heterocycles. The van der Waals surface area contributed by atoms with Gasteiger partial charge in [-0.2, -0.15) is 0 Å². The van der Waals surface area contributed by atoms with Crippen molar-refractivity contribution in [2.45, 2.75) is 37.8 Å². The summed E-state index contributed by atoms with van der Waals surface area (Å²) in [6.07, 6.45) is 5.70. The number of nitrogens with zero attached hydrogens (tertiary/aromatic N) is 3. The average molecular weight is 311 g/mol. The Hall–Kier alpha value is -1.56. The van der Waals surface area contributed by atoms with Gasteiger partial charge in [0.1, 0.15) is 24.1 Å². The van der Waals surface area contributed by atoms with Crippen LogP contribution in [-0.2, 0) is 4.79 Å². The third-order valence-electron chi connectivity index (χ3n) is 3.70. The zero-order valence-corrected chi connectivity index (χ0v) is 12.6.